The fraction of sp³-hybridized carbons (Fsp3) is 0.0476. The van der Waals surface area contributed by atoms with E-state index in [0.717, 1.165) is 5.56 Å². The van der Waals surface area contributed by atoms with Crippen molar-refractivity contribution in [1.29, 1.82) is 0 Å². The molecule has 1 heterocycles. The van der Waals surface area contributed by atoms with Gasteiger partial charge in [-0.05, 0) is 42.5 Å². The van der Waals surface area contributed by atoms with E-state index in [9.17, 15) is 8.78 Å². The van der Waals surface area contributed by atoms with Gasteiger partial charge in [0.25, 0.3) is 0 Å². The molecule has 0 aliphatic carbocycles. The minimum Gasteiger partial charge on any atom is -0.418 e. The number of anilines is 1. The molecule has 0 bridgehead atoms. The van der Waals surface area contributed by atoms with Crippen molar-refractivity contribution in [1.82, 2.24) is 10.2 Å². The van der Waals surface area contributed by atoms with Gasteiger partial charge in [0.1, 0.15) is 17.7 Å². The molecular weight excluding hydrogens is 419 g/mol. The molecule has 4 nitrogen and oxygen atoms in total. The van der Waals surface area contributed by atoms with Gasteiger partial charge in [-0.3, -0.25) is 0 Å². The zero-order valence-corrected chi connectivity index (χ0v) is 16.3. The van der Waals surface area contributed by atoms with E-state index in [-0.39, 0.29) is 15.9 Å². The molecule has 1 atom stereocenters. The quantitative estimate of drug-likeness (QED) is 0.390. The minimum absolute atomic E-state index is 0.0468. The van der Waals surface area contributed by atoms with Gasteiger partial charge >= 0.3 is 0 Å². The molecule has 0 aliphatic rings. The van der Waals surface area contributed by atoms with Crippen molar-refractivity contribution >= 4 is 28.9 Å². The Bertz CT molecular complexity index is 1150. The molecule has 1 unspecified atom stereocenters. The molecule has 8 heteroatoms. The van der Waals surface area contributed by atoms with Crippen LogP contribution < -0.4 is 5.32 Å². The normalized spacial score (nSPS) is 12.0. The molecule has 0 saturated carbocycles. The van der Waals surface area contributed by atoms with Crippen LogP contribution in [0.25, 0.3) is 11.5 Å². The molecule has 0 amide bonds. The number of rotatable bonds is 5. The summed E-state index contributed by atoms with van der Waals surface area (Å²) in [7, 11) is 0. The Labute approximate surface area is 175 Å². The lowest BCUT2D eigenvalue weighted by Crippen LogP contribution is -2.13. The van der Waals surface area contributed by atoms with E-state index in [4.69, 9.17) is 27.6 Å². The van der Waals surface area contributed by atoms with Crippen LogP contribution in [0.3, 0.4) is 0 Å². The van der Waals surface area contributed by atoms with Gasteiger partial charge in [0.05, 0.1) is 5.02 Å². The van der Waals surface area contributed by atoms with Crippen molar-refractivity contribution in [2.45, 2.75) is 6.04 Å². The summed E-state index contributed by atoms with van der Waals surface area (Å²) in [6.07, 6.45) is 0. The Kier molecular flexibility index (Phi) is 5.47. The first-order chi connectivity index (χ1) is 14.0. The van der Waals surface area contributed by atoms with Crippen LogP contribution in [0.1, 0.15) is 17.5 Å². The molecule has 29 heavy (non-hydrogen) atoms. The van der Waals surface area contributed by atoms with Crippen LogP contribution in [0.15, 0.2) is 71.1 Å². The molecule has 0 saturated heterocycles. The van der Waals surface area contributed by atoms with E-state index in [2.05, 4.69) is 15.5 Å². The highest BCUT2D eigenvalue weighted by atomic mass is 35.5. The summed E-state index contributed by atoms with van der Waals surface area (Å²) in [6.45, 7) is 0. The monoisotopic (exact) mass is 431 g/mol. The van der Waals surface area contributed by atoms with Gasteiger partial charge in [-0.25, -0.2) is 8.78 Å². The van der Waals surface area contributed by atoms with E-state index in [0.29, 0.717) is 17.1 Å². The Morgan fingerprint density at radius 3 is 2.38 bits per heavy atom. The molecule has 4 aromatic rings. The minimum atomic E-state index is -0.713. The lowest BCUT2D eigenvalue weighted by Gasteiger charge is -2.18. The predicted molar refractivity (Wildman–Crippen MR) is 108 cm³/mol. The third kappa shape index (κ3) is 4.23. The molecule has 0 radical (unpaired) electrons. The second kappa shape index (κ2) is 8.19. The fourth-order valence-electron chi connectivity index (χ4n) is 2.81. The average Bonchev–Trinajstić information content (AvgIpc) is 3.20. The van der Waals surface area contributed by atoms with E-state index in [1.54, 1.807) is 0 Å². The van der Waals surface area contributed by atoms with Crippen molar-refractivity contribution in [2.75, 3.05) is 5.32 Å². The van der Waals surface area contributed by atoms with E-state index < -0.39 is 17.7 Å². The second-order valence-electron chi connectivity index (χ2n) is 6.18. The smallest absolute Gasteiger partial charge is 0.247 e. The Morgan fingerprint density at radius 1 is 0.862 bits per heavy atom. The van der Waals surface area contributed by atoms with Crippen molar-refractivity contribution < 1.29 is 13.2 Å². The average molecular weight is 432 g/mol. The first kappa shape index (κ1) is 19.4. The number of hydrogen-bond donors (Lipinski definition) is 1. The van der Waals surface area contributed by atoms with Crippen molar-refractivity contribution in [3.05, 3.63) is 99.9 Å². The summed E-state index contributed by atoms with van der Waals surface area (Å²) in [6, 6.07) is 16.7. The molecule has 146 valence electrons. The molecule has 0 spiro atoms. The molecule has 4 rings (SSSR count). The van der Waals surface area contributed by atoms with Crippen LogP contribution in [-0.4, -0.2) is 10.2 Å². The summed E-state index contributed by atoms with van der Waals surface area (Å²) in [5.41, 5.74) is 1.76. The summed E-state index contributed by atoms with van der Waals surface area (Å²) in [5.74, 6) is -0.490. The summed E-state index contributed by atoms with van der Waals surface area (Å²) in [4.78, 5) is 0. The van der Waals surface area contributed by atoms with Gasteiger partial charge in [-0.15, -0.1) is 10.2 Å². The van der Waals surface area contributed by atoms with E-state index in [1.807, 2.05) is 30.3 Å². The van der Waals surface area contributed by atoms with Gasteiger partial charge in [0, 0.05) is 21.8 Å². The van der Waals surface area contributed by atoms with Gasteiger partial charge in [-0.1, -0.05) is 47.5 Å². The number of nitrogens with one attached hydrogen (secondary N) is 1. The number of aromatic nitrogens is 2. The Hall–Kier alpha value is -2.96. The molecule has 1 aromatic heterocycles. The highest BCUT2D eigenvalue weighted by molar-refractivity contribution is 6.31. The van der Waals surface area contributed by atoms with Crippen molar-refractivity contribution in [3.8, 4) is 11.5 Å². The largest absolute Gasteiger partial charge is 0.418 e. The molecular formula is C21H13Cl2F2N3O. The summed E-state index contributed by atoms with van der Waals surface area (Å²) in [5, 5.41) is 11.5. The molecule has 3 aromatic carbocycles. The number of halogens is 4. The van der Waals surface area contributed by atoms with Gasteiger partial charge in [-0.2, -0.15) is 0 Å². The van der Waals surface area contributed by atoms with Crippen LogP contribution in [0.5, 0.6) is 0 Å². The zero-order chi connectivity index (χ0) is 20.4. The summed E-state index contributed by atoms with van der Waals surface area (Å²) < 4.78 is 32.9. The SMILES string of the molecule is Fc1ccc(C(Nc2ccc(F)c(Cl)c2)c2nnc(-c3ccccc3)o2)c(Cl)c1. The number of hydrogen-bond acceptors (Lipinski definition) is 4. The van der Waals surface area contributed by atoms with Crippen molar-refractivity contribution in [3.63, 3.8) is 0 Å². The zero-order valence-electron chi connectivity index (χ0n) is 14.7. The van der Waals surface area contributed by atoms with Crippen LogP contribution in [0, 0.1) is 11.6 Å². The van der Waals surface area contributed by atoms with E-state index >= 15 is 0 Å². The maximum Gasteiger partial charge on any atom is 0.247 e. The highest BCUT2D eigenvalue weighted by Crippen LogP contribution is 2.33. The number of nitrogens with zero attached hydrogens (tertiary/aromatic N) is 2. The van der Waals surface area contributed by atoms with Crippen LogP contribution in [-0.2, 0) is 0 Å². The van der Waals surface area contributed by atoms with Crippen LogP contribution in [0.4, 0.5) is 14.5 Å². The fourth-order valence-corrected chi connectivity index (χ4v) is 3.27. The Morgan fingerprint density at radius 2 is 1.66 bits per heavy atom. The first-order valence-electron chi connectivity index (χ1n) is 8.56. The molecule has 0 aliphatic heterocycles. The summed E-state index contributed by atoms with van der Waals surface area (Å²) >= 11 is 12.1. The third-order valence-corrected chi connectivity index (χ3v) is 4.83. The standard InChI is InChI=1S/C21H13Cl2F2N3O/c22-16-10-13(24)6-8-15(16)19(26-14-7-9-18(25)17(23)11-14)21-28-27-20(29-21)12-4-2-1-3-5-12/h1-11,19,26H. The number of benzene rings is 3. The van der Waals surface area contributed by atoms with Gasteiger partial charge in [0.15, 0.2) is 0 Å². The highest BCUT2D eigenvalue weighted by Gasteiger charge is 2.24. The van der Waals surface area contributed by atoms with Gasteiger partial charge in [0.2, 0.25) is 11.8 Å². The molecule has 1 N–H and O–H groups in total. The van der Waals surface area contributed by atoms with Crippen LogP contribution >= 0.6 is 23.2 Å². The predicted octanol–water partition coefficient (Wildman–Crippen LogP) is 6.52. The second-order valence-corrected chi connectivity index (χ2v) is 7.00. The first-order valence-corrected chi connectivity index (χ1v) is 9.32. The van der Waals surface area contributed by atoms with Crippen molar-refractivity contribution in [2.24, 2.45) is 0 Å². The third-order valence-electron chi connectivity index (χ3n) is 4.21. The lowest BCUT2D eigenvalue weighted by atomic mass is 10.1. The Balaban J connectivity index is 1.76. The van der Waals surface area contributed by atoms with E-state index in [1.165, 1.54) is 36.4 Å². The van der Waals surface area contributed by atoms with Gasteiger partial charge < -0.3 is 9.73 Å². The van der Waals surface area contributed by atoms with Crippen LogP contribution in [0.2, 0.25) is 10.0 Å². The molecule has 0 fully saturated rings. The maximum atomic E-state index is 13.5. The topological polar surface area (TPSA) is 51.0 Å². The maximum absolute atomic E-state index is 13.5. The lowest BCUT2D eigenvalue weighted by molar-refractivity contribution is 0.494.